The van der Waals surface area contributed by atoms with E-state index in [2.05, 4.69) is 20.6 Å². The molecule has 1 aromatic carbocycles. The van der Waals surface area contributed by atoms with Crippen LogP contribution in [0.3, 0.4) is 0 Å². The minimum atomic E-state index is -1.09. The minimum Gasteiger partial charge on any atom is -0.378 e. The Bertz CT molecular complexity index is 977. The first-order valence-corrected chi connectivity index (χ1v) is 10.3. The Hall–Kier alpha value is -3.46. The van der Waals surface area contributed by atoms with Gasteiger partial charge in [-0.3, -0.25) is 20.0 Å². The number of ether oxygens (including phenoxy) is 1. The Morgan fingerprint density at radius 2 is 1.94 bits per heavy atom. The van der Waals surface area contributed by atoms with Gasteiger partial charge in [-0.2, -0.15) is 5.01 Å². The third-order valence-electron chi connectivity index (χ3n) is 5.58. The lowest BCUT2D eigenvalue weighted by atomic mass is 9.93. The largest absolute Gasteiger partial charge is 0.378 e. The zero-order valence-electron chi connectivity index (χ0n) is 17.3. The lowest BCUT2D eigenvalue weighted by Crippen LogP contribution is -2.49. The van der Waals surface area contributed by atoms with Gasteiger partial charge in [-0.05, 0) is 37.5 Å². The number of hydrogen-bond acceptors (Lipinski definition) is 6. The van der Waals surface area contributed by atoms with Crippen LogP contribution < -0.4 is 15.6 Å². The first kappa shape index (κ1) is 20.8. The maximum Gasteiger partial charge on any atom is 0.344 e. The highest BCUT2D eigenvalue weighted by atomic mass is 16.5. The van der Waals surface area contributed by atoms with Crippen LogP contribution in [-0.2, 0) is 16.0 Å². The molecule has 2 aliphatic heterocycles. The molecule has 0 radical (unpaired) electrons. The van der Waals surface area contributed by atoms with E-state index in [9.17, 15) is 14.4 Å². The minimum absolute atomic E-state index is 0.127. The third kappa shape index (κ3) is 4.51. The highest BCUT2D eigenvalue weighted by Gasteiger charge is 2.48. The van der Waals surface area contributed by atoms with Gasteiger partial charge >= 0.3 is 6.03 Å². The highest BCUT2D eigenvalue weighted by molar-refractivity contribution is 6.08. The number of nitrogens with zero attached hydrogens (tertiary/aromatic N) is 3. The molecule has 0 bridgehead atoms. The molecule has 2 aromatic rings. The zero-order chi connectivity index (χ0) is 21.8. The number of hydrogen-bond donors (Lipinski definition) is 2. The molecule has 3 heterocycles. The van der Waals surface area contributed by atoms with E-state index < -0.39 is 23.4 Å². The lowest BCUT2D eigenvalue weighted by molar-refractivity contribution is -0.132. The van der Waals surface area contributed by atoms with Gasteiger partial charge in [0.25, 0.3) is 11.8 Å². The van der Waals surface area contributed by atoms with Crippen LogP contribution in [0.1, 0.15) is 29.4 Å². The molecule has 2 saturated heterocycles. The first-order valence-electron chi connectivity index (χ1n) is 10.3. The van der Waals surface area contributed by atoms with Gasteiger partial charge in [-0.1, -0.05) is 30.3 Å². The summed E-state index contributed by atoms with van der Waals surface area (Å²) in [6.07, 6.45) is 2.57. The summed E-state index contributed by atoms with van der Waals surface area (Å²) < 4.78 is 5.35. The number of urea groups is 1. The zero-order valence-corrected chi connectivity index (χ0v) is 17.3. The molecule has 31 heavy (non-hydrogen) atoms. The van der Waals surface area contributed by atoms with Crippen molar-refractivity contribution in [1.82, 2.24) is 20.7 Å². The predicted molar refractivity (Wildman–Crippen MR) is 113 cm³/mol. The molecule has 1 aromatic heterocycles. The van der Waals surface area contributed by atoms with E-state index in [1.54, 1.807) is 13.0 Å². The van der Waals surface area contributed by atoms with Crippen LogP contribution in [0.5, 0.6) is 0 Å². The first-order chi connectivity index (χ1) is 15.0. The number of aryl methyl sites for hydroxylation is 1. The van der Waals surface area contributed by atoms with Gasteiger partial charge in [-0.25, -0.2) is 4.79 Å². The van der Waals surface area contributed by atoms with Crippen molar-refractivity contribution in [3.8, 4) is 0 Å². The number of hydrazine groups is 1. The molecule has 9 heteroatoms. The van der Waals surface area contributed by atoms with Gasteiger partial charge in [0.15, 0.2) is 0 Å². The molecule has 9 nitrogen and oxygen atoms in total. The quantitative estimate of drug-likeness (QED) is 0.683. The van der Waals surface area contributed by atoms with Crippen LogP contribution in [0.2, 0.25) is 0 Å². The predicted octanol–water partition coefficient (Wildman–Crippen LogP) is 1.51. The van der Waals surface area contributed by atoms with Gasteiger partial charge < -0.3 is 15.0 Å². The van der Waals surface area contributed by atoms with E-state index in [1.807, 2.05) is 36.4 Å². The molecule has 0 spiro atoms. The summed E-state index contributed by atoms with van der Waals surface area (Å²) in [7, 11) is 0. The smallest absolute Gasteiger partial charge is 0.344 e. The summed E-state index contributed by atoms with van der Waals surface area (Å²) in [6, 6.07) is 12.5. The van der Waals surface area contributed by atoms with Crippen molar-refractivity contribution in [3.63, 3.8) is 0 Å². The van der Waals surface area contributed by atoms with Gasteiger partial charge in [0.1, 0.15) is 11.2 Å². The number of rotatable bonds is 6. The molecule has 4 amide bonds. The molecule has 0 unspecified atom stereocenters. The molecular formula is C22H25N5O4. The summed E-state index contributed by atoms with van der Waals surface area (Å²) in [5.41, 5.74) is 3.35. The van der Waals surface area contributed by atoms with E-state index >= 15 is 0 Å². The number of nitrogens with one attached hydrogen (secondary N) is 2. The summed E-state index contributed by atoms with van der Waals surface area (Å²) in [5, 5.41) is 3.45. The van der Waals surface area contributed by atoms with Crippen LogP contribution >= 0.6 is 0 Å². The molecule has 2 fully saturated rings. The average molecular weight is 423 g/mol. The lowest BCUT2D eigenvalue weighted by Gasteiger charge is -2.28. The van der Waals surface area contributed by atoms with Crippen molar-refractivity contribution < 1.29 is 19.1 Å². The van der Waals surface area contributed by atoms with Crippen LogP contribution in [0.4, 0.5) is 10.5 Å². The topological polar surface area (TPSA) is 104 Å². The van der Waals surface area contributed by atoms with Crippen molar-refractivity contribution >= 4 is 23.5 Å². The summed E-state index contributed by atoms with van der Waals surface area (Å²) >= 11 is 0. The summed E-state index contributed by atoms with van der Waals surface area (Å²) in [6.45, 7) is 4.34. The molecule has 4 rings (SSSR count). The van der Waals surface area contributed by atoms with Gasteiger partial charge in [0, 0.05) is 25.0 Å². The third-order valence-corrected chi connectivity index (χ3v) is 5.58. The number of carbonyl (C=O) groups excluding carboxylic acids is 3. The Labute approximate surface area is 180 Å². The van der Waals surface area contributed by atoms with E-state index in [1.165, 1.54) is 6.20 Å². The van der Waals surface area contributed by atoms with E-state index in [-0.39, 0.29) is 5.69 Å². The Morgan fingerprint density at radius 3 is 2.68 bits per heavy atom. The van der Waals surface area contributed by atoms with Crippen LogP contribution in [0.25, 0.3) is 0 Å². The Balaban J connectivity index is 1.42. The van der Waals surface area contributed by atoms with Crippen molar-refractivity contribution in [2.24, 2.45) is 0 Å². The number of pyridine rings is 1. The molecule has 1 atom stereocenters. The van der Waals surface area contributed by atoms with E-state index in [0.29, 0.717) is 26.1 Å². The maximum atomic E-state index is 12.9. The van der Waals surface area contributed by atoms with Crippen LogP contribution in [-0.4, -0.2) is 59.7 Å². The normalized spacial score (nSPS) is 21.2. The second kappa shape index (κ2) is 8.73. The molecular weight excluding hydrogens is 398 g/mol. The molecule has 2 N–H and O–H groups in total. The molecule has 2 aliphatic rings. The molecule has 0 aliphatic carbocycles. The van der Waals surface area contributed by atoms with Gasteiger partial charge in [0.2, 0.25) is 0 Å². The fourth-order valence-electron chi connectivity index (χ4n) is 3.71. The maximum absolute atomic E-state index is 12.9. The van der Waals surface area contributed by atoms with Crippen molar-refractivity contribution in [1.29, 1.82) is 0 Å². The van der Waals surface area contributed by atoms with Crippen LogP contribution in [0.15, 0.2) is 48.7 Å². The van der Waals surface area contributed by atoms with Crippen LogP contribution in [0, 0.1) is 0 Å². The fourth-order valence-corrected chi connectivity index (χ4v) is 3.71. The second-order valence-electron chi connectivity index (χ2n) is 7.83. The highest BCUT2D eigenvalue weighted by Crippen LogP contribution is 2.23. The number of anilines is 1. The number of carbonyl (C=O) groups is 3. The second-order valence-corrected chi connectivity index (χ2v) is 7.83. The van der Waals surface area contributed by atoms with E-state index in [4.69, 9.17) is 4.74 Å². The standard InChI is InChI=1S/C22H25N5O4/c1-22(9-7-16-5-3-2-4-6-16)20(29)27(21(30)24-22)25-19(28)18-15-17(8-10-23-18)26-11-13-31-14-12-26/h2-6,8,10,15H,7,9,11-14H2,1H3,(H,24,30)(H,25,28)/t22-/m1/s1. The number of aromatic nitrogens is 1. The summed E-state index contributed by atoms with van der Waals surface area (Å²) in [5.74, 6) is -1.11. The van der Waals surface area contributed by atoms with Crippen molar-refractivity contribution in [2.45, 2.75) is 25.3 Å². The SMILES string of the molecule is C[C@]1(CCc2ccccc2)NC(=O)N(NC(=O)c2cc(N3CCOCC3)ccn2)C1=O. The van der Waals surface area contributed by atoms with Gasteiger partial charge in [-0.15, -0.1) is 0 Å². The molecule has 0 saturated carbocycles. The fraction of sp³-hybridized carbons (Fsp3) is 0.364. The number of imide groups is 1. The number of morpholine rings is 1. The Kier molecular flexibility index (Phi) is 5.85. The summed E-state index contributed by atoms with van der Waals surface area (Å²) in [4.78, 5) is 44.3. The Morgan fingerprint density at radius 1 is 1.19 bits per heavy atom. The van der Waals surface area contributed by atoms with Crippen molar-refractivity contribution in [3.05, 3.63) is 59.9 Å². The number of amides is 4. The number of benzene rings is 1. The van der Waals surface area contributed by atoms with Crippen molar-refractivity contribution in [2.75, 3.05) is 31.2 Å². The van der Waals surface area contributed by atoms with Gasteiger partial charge in [0.05, 0.1) is 13.2 Å². The van der Waals surface area contributed by atoms with E-state index in [0.717, 1.165) is 29.3 Å². The monoisotopic (exact) mass is 423 g/mol. The molecule has 162 valence electrons. The average Bonchev–Trinajstić information content (AvgIpc) is 3.02.